The third kappa shape index (κ3) is 4.05. The van der Waals surface area contributed by atoms with Crippen LogP contribution in [0.5, 0.6) is 5.75 Å². The van der Waals surface area contributed by atoms with Gasteiger partial charge in [-0.1, -0.05) is 30.3 Å². The van der Waals surface area contributed by atoms with Gasteiger partial charge in [-0.25, -0.2) is 0 Å². The Morgan fingerprint density at radius 2 is 1.86 bits per heavy atom. The number of aromatic amines is 1. The minimum atomic E-state index is -0.0330. The van der Waals surface area contributed by atoms with Crippen molar-refractivity contribution in [1.29, 1.82) is 0 Å². The molecule has 1 aliphatic heterocycles. The van der Waals surface area contributed by atoms with E-state index in [1.54, 1.807) is 7.11 Å². The van der Waals surface area contributed by atoms with E-state index >= 15 is 0 Å². The van der Waals surface area contributed by atoms with Crippen molar-refractivity contribution >= 4 is 10.9 Å². The van der Waals surface area contributed by atoms with E-state index in [2.05, 4.69) is 54.1 Å². The number of aryl methyl sites for hydroxylation is 2. The van der Waals surface area contributed by atoms with E-state index in [0.717, 1.165) is 44.6 Å². The zero-order valence-corrected chi connectivity index (χ0v) is 17.8. The fraction of sp³-hybridized carbons (Fsp3) is 0.440. The van der Waals surface area contributed by atoms with Crippen molar-refractivity contribution < 1.29 is 9.84 Å². The van der Waals surface area contributed by atoms with Gasteiger partial charge in [0.05, 0.1) is 7.11 Å². The number of ether oxygens (including phenoxy) is 1. The Morgan fingerprint density at radius 1 is 1.10 bits per heavy atom. The molecule has 0 unspecified atom stereocenters. The van der Waals surface area contributed by atoms with Gasteiger partial charge in [0, 0.05) is 29.7 Å². The summed E-state index contributed by atoms with van der Waals surface area (Å²) in [6, 6.07) is 14.8. The van der Waals surface area contributed by atoms with Crippen LogP contribution in [0.1, 0.15) is 35.2 Å². The Morgan fingerprint density at radius 3 is 2.59 bits per heavy atom. The van der Waals surface area contributed by atoms with Crippen molar-refractivity contribution in [3.8, 4) is 5.75 Å². The normalized spacial score (nSPS) is 17.0. The van der Waals surface area contributed by atoms with Crippen LogP contribution in [0.2, 0.25) is 0 Å². The maximum Gasteiger partial charge on any atom is 0.119 e. The number of aliphatic hydroxyl groups is 1. The first-order valence-corrected chi connectivity index (χ1v) is 10.6. The summed E-state index contributed by atoms with van der Waals surface area (Å²) in [5.41, 5.74) is 6.45. The number of hydrogen-bond donors (Lipinski definition) is 2. The average molecular weight is 393 g/mol. The lowest BCUT2D eigenvalue weighted by atomic mass is 9.74. The second kappa shape index (κ2) is 8.21. The summed E-state index contributed by atoms with van der Waals surface area (Å²) in [6.45, 7) is 7.58. The van der Waals surface area contributed by atoms with E-state index in [4.69, 9.17) is 4.74 Å². The number of rotatable bonds is 6. The molecule has 0 spiro atoms. The molecule has 1 aliphatic rings. The SMILES string of the molecule is COc1cccc(CC2(CO)CCN(Cc3c(C)[nH]c4c(C)cccc34)CC2)c1. The molecular formula is C25H32N2O2. The molecule has 4 heteroatoms. The van der Waals surface area contributed by atoms with E-state index in [1.165, 1.54) is 33.3 Å². The largest absolute Gasteiger partial charge is 0.497 e. The number of nitrogens with zero attached hydrogens (tertiary/aromatic N) is 1. The third-order valence-electron chi connectivity index (χ3n) is 6.71. The van der Waals surface area contributed by atoms with Crippen molar-refractivity contribution in [2.24, 2.45) is 5.41 Å². The number of likely N-dealkylation sites (tertiary alicyclic amines) is 1. The number of para-hydroxylation sites is 1. The molecule has 154 valence electrons. The highest BCUT2D eigenvalue weighted by atomic mass is 16.5. The van der Waals surface area contributed by atoms with Crippen molar-refractivity contribution in [2.75, 3.05) is 26.8 Å². The molecular weight excluding hydrogens is 360 g/mol. The lowest BCUT2D eigenvalue weighted by Crippen LogP contribution is -2.42. The first kappa shape index (κ1) is 20.0. The smallest absolute Gasteiger partial charge is 0.119 e. The summed E-state index contributed by atoms with van der Waals surface area (Å²) >= 11 is 0. The minimum absolute atomic E-state index is 0.0330. The molecule has 0 saturated carbocycles. The molecule has 1 fully saturated rings. The molecule has 2 heterocycles. The van der Waals surface area contributed by atoms with Crippen LogP contribution in [0.3, 0.4) is 0 Å². The van der Waals surface area contributed by atoms with Crippen LogP contribution in [-0.4, -0.2) is 41.8 Å². The second-order valence-corrected chi connectivity index (χ2v) is 8.69. The van der Waals surface area contributed by atoms with Gasteiger partial charge in [-0.15, -0.1) is 0 Å². The van der Waals surface area contributed by atoms with Crippen molar-refractivity contribution in [2.45, 2.75) is 39.7 Å². The maximum absolute atomic E-state index is 10.2. The summed E-state index contributed by atoms with van der Waals surface area (Å²) < 4.78 is 5.37. The maximum atomic E-state index is 10.2. The number of hydrogen-bond acceptors (Lipinski definition) is 3. The zero-order chi connectivity index (χ0) is 20.4. The predicted octanol–water partition coefficient (Wildman–Crippen LogP) is 4.61. The van der Waals surface area contributed by atoms with Gasteiger partial charge in [-0.2, -0.15) is 0 Å². The minimum Gasteiger partial charge on any atom is -0.497 e. The number of fused-ring (bicyclic) bond motifs is 1. The van der Waals surface area contributed by atoms with Crippen LogP contribution in [0.4, 0.5) is 0 Å². The number of H-pyrrole nitrogens is 1. The average Bonchev–Trinajstić information content (AvgIpc) is 3.06. The number of nitrogens with one attached hydrogen (secondary N) is 1. The molecule has 0 aliphatic carbocycles. The van der Waals surface area contributed by atoms with Gasteiger partial charge in [0.25, 0.3) is 0 Å². The van der Waals surface area contributed by atoms with Gasteiger partial charge < -0.3 is 14.8 Å². The highest BCUT2D eigenvalue weighted by molar-refractivity contribution is 5.87. The highest BCUT2D eigenvalue weighted by Crippen LogP contribution is 2.36. The van der Waals surface area contributed by atoms with Crippen molar-refractivity contribution in [3.05, 3.63) is 64.8 Å². The summed E-state index contributed by atoms with van der Waals surface area (Å²) in [4.78, 5) is 6.12. The van der Waals surface area contributed by atoms with Gasteiger partial charge in [0.15, 0.2) is 0 Å². The lowest BCUT2D eigenvalue weighted by molar-refractivity contribution is 0.0414. The summed E-state index contributed by atoms with van der Waals surface area (Å²) in [7, 11) is 1.70. The Balaban J connectivity index is 1.46. The molecule has 0 amide bonds. The van der Waals surface area contributed by atoms with Gasteiger partial charge in [0.2, 0.25) is 0 Å². The van der Waals surface area contributed by atoms with Crippen molar-refractivity contribution in [3.63, 3.8) is 0 Å². The van der Waals surface area contributed by atoms with Crippen LogP contribution in [0.25, 0.3) is 10.9 Å². The topological polar surface area (TPSA) is 48.5 Å². The van der Waals surface area contributed by atoms with Gasteiger partial charge in [-0.05, 0) is 80.4 Å². The fourth-order valence-corrected chi connectivity index (χ4v) is 4.77. The first-order chi connectivity index (χ1) is 14.0. The van der Waals surface area contributed by atoms with Gasteiger partial charge >= 0.3 is 0 Å². The molecule has 4 nitrogen and oxygen atoms in total. The van der Waals surface area contributed by atoms with E-state index < -0.39 is 0 Å². The number of piperidine rings is 1. The van der Waals surface area contributed by atoms with E-state index in [1.807, 2.05) is 12.1 Å². The van der Waals surface area contributed by atoms with Crippen LogP contribution in [0, 0.1) is 19.3 Å². The fourth-order valence-electron chi connectivity index (χ4n) is 4.77. The molecule has 29 heavy (non-hydrogen) atoms. The van der Waals surface area contributed by atoms with Crippen LogP contribution >= 0.6 is 0 Å². The number of methoxy groups -OCH3 is 1. The highest BCUT2D eigenvalue weighted by Gasteiger charge is 2.34. The lowest BCUT2D eigenvalue weighted by Gasteiger charge is -2.41. The molecule has 1 saturated heterocycles. The summed E-state index contributed by atoms with van der Waals surface area (Å²) in [5.74, 6) is 0.887. The first-order valence-electron chi connectivity index (χ1n) is 10.6. The molecule has 0 bridgehead atoms. The van der Waals surface area contributed by atoms with Crippen LogP contribution in [0.15, 0.2) is 42.5 Å². The molecule has 0 radical (unpaired) electrons. The van der Waals surface area contributed by atoms with Gasteiger partial charge in [0.1, 0.15) is 5.75 Å². The third-order valence-corrected chi connectivity index (χ3v) is 6.71. The Labute approximate surface area is 173 Å². The quantitative estimate of drug-likeness (QED) is 0.644. The Hall–Kier alpha value is -2.30. The van der Waals surface area contributed by atoms with Crippen molar-refractivity contribution in [1.82, 2.24) is 9.88 Å². The predicted molar refractivity (Wildman–Crippen MR) is 119 cm³/mol. The van der Waals surface area contributed by atoms with E-state index in [-0.39, 0.29) is 12.0 Å². The number of aliphatic hydroxyl groups excluding tert-OH is 1. The van der Waals surface area contributed by atoms with Crippen LogP contribution < -0.4 is 4.74 Å². The van der Waals surface area contributed by atoms with Gasteiger partial charge in [-0.3, -0.25) is 4.90 Å². The molecule has 2 aromatic carbocycles. The standard InChI is InChI=1S/C25H32N2O2/c1-18-6-4-9-22-23(19(2)26-24(18)22)16-27-12-10-25(17-28,11-13-27)15-20-7-5-8-21(14-20)29-3/h4-9,14,26,28H,10-13,15-17H2,1-3H3. The second-order valence-electron chi connectivity index (χ2n) is 8.69. The zero-order valence-electron chi connectivity index (χ0n) is 17.8. The van der Waals surface area contributed by atoms with Crippen LogP contribution in [-0.2, 0) is 13.0 Å². The van der Waals surface area contributed by atoms with E-state index in [9.17, 15) is 5.11 Å². The Kier molecular flexibility index (Phi) is 5.66. The monoisotopic (exact) mass is 392 g/mol. The molecule has 3 aromatic rings. The molecule has 1 aromatic heterocycles. The summed E-state index contributed by atoms with van der Waals surface area (Å²) in [5, 5.41) is 11.6. The number of benzene rings is 2. The molecule has 0 atom stereocenters. The number of aromatic nitrogens is 1. The molecule has 2 N–H and O–H groups in total. The molecule has 4 rings (SSSR count). The summed E-state index contributed by atoms with van der Waals surface area (Å²) in [6.07, 6.45) is 2.93. The Bertz CT molecular complexity index is 984. The van der Waals surface area contributed by atoms with E-state index in [0.29, 0.717) is 0 Å².